The normalized spacial score (nSPS) is 18.6. The van der Waals surface area contributed by atoms with Crippen LogP contribution in [0.5, 0.6) is 0 Å². The van der Waals surface area contributed by atoms with Gasteiger partial charge in [-0.15, -0.1) is 11.8 Å². The number of anilines is 1. The van der Waals surface area contributed by atoms with E-state index >= 15 is 0 Å². The second kappa shape index (κ2) is 5.24. The van der Waals surface area contributed by atoms with Crippen LogP contribution in [0.15, 0.2) is 22.2 Å². The molecule has 3 rings (SSSR count). The number of thioether (sulfide) groups is 1. The molecule has 0 spiro atoms. The van der Waals surface area contributed by atoms with E-state index in [1.165, 1.54) is 17.8 Å². The second-order valence-electron chi connectivity index (χ2n) is 4.48. The maximum atomic E-state index is 14.1. The standard InChI is InChI=1S/C13H11FN2O3S/c14-8-6-11-10(15-12(17)3-4-20-11)5-7(8)9-1-2-13(18)19-16-9/h5-6H,1-4H2,(H,15,17). The highest BCUT2D eigenvalue weighted by Crippen LogP contribution is 2.33. The van der Waals surface area contributed by atoms with Crippen molar-refractivity contribution in [2.24, 2.45) is 5.16 Å². The van der Waals surface area contributed by atoms with Gasteiger partial charge in [-0.1, -0.05) is 5.16 Å². The van der Waals surface area contributed by atoms with Crippen LogP contribution in [0.1, 0.15) is 24.8 Å². The van der Waals surface area contributed by atoms with E-state index in [4.69, 9.17) is 0 Å². The Morgan fingerprint density at radius 2 is 2.10 bits per heavy atom. The quantitative estimate of drug-likeness (QED) is 0.807. The number of fused-ring (bicyclic) bond motifs is 1. The molecule has 20 heavy (non-hydrogen) atoms. The number of benzene rings is 1. The van der Waals surface area contributed by atoms with E-state index in [1.54, 1.807) is 6.07 Å². The summed E-state index contributed by atoms with van der Waals surface area (Å²) in [6, 6.07) is 2.94. The molecule has 0 bridgehead atoms. The van der Waals surface area contributed by atoms with Crippen molar-refractivity contribution in [1.82, 2.24) is 0 Å². The highest BCUT2D eigenvalue weighted by molar-refractivity contribution is 7.99. The van der Waals surface area contributed by atoms with Gasteiger partial charge in [-0.05, 0) is 12.1 Å². The molecule has 0 aromatic heterocycles. The summed E-state index contributed by atoms with van der Waals surface area (Å²) in [5.41, 5.74) is 1.22. The molecule has 5 nitrogen and oxygen atoms in total. The number of hydrogen-bond donors (Lipinski definition) is 1. The Bertz CT molecular complexity index is 630. The summed E-state index contributed by atoms with van der Waals surface area (Å²) in [4.78, 5) is 27.8. The maximum Gasteiger partial charge on any atom is 0.335 e. The summed E-state index contributed by atoms with van der Waals surface area (Å²) in [6.07, 6.45) is 0.904. The monoisotopic (exact) mass is 294 g/mol. The fourth-order valence-corrected chi connectivity index (χ4v) is 3.02. The van der Waals surface area contributed by atoms with Crippen molar-refractivity contribution in [3.05, 3.63) is 23.5 Å². The molecule has 104 valence electrons. The zero-order chi connectivity index (χ0) is 14.1. The molecule has 0 unspecified atom stereocenters. The fourth-order valence-electron chi connectivity index (χ4n) is 2.06. The minimum absolute atomic E-state index is 0.0918. The Balaban J connectivity index is 2.00. The molecule has 1 aromatic carbocycles. The van der Waals surface area contributed by atoms with Gasteiger partial charge in [-0.2, -0.15) is 0 Å². The van der Waals surface area contributed by atoms with Crippen LogP contribution < -0.4 is 5.32 Å². The third-order valence-electron chi connectivity index (χ3n) is 3.06. The molecule has 2 aliphatic heterocycles. The molecule has 1 amide bonds. The number of carbonyl (C=O) groups is 2. The van der Waals surface area contributed by atoms with Crippen molar-refractivity contribution in [1.29, 1.82) is 0 Å². The van der Waals surface area contributed by atoms with Crippen molar-refractivity contribution in [3.8, 4) is 0 Å². The molecular weight excluding hydrogens is 283 g/mol. The molecule has 0 aliphatic carbocycles. The number of oxime groups is 1. The van der Waals surface area contributed by atoms with Crippen molar-refractivity contribution in [2.75, 3.05) is 11.1 Å². The van der Waals surface area contributed by atoms with Gasteiger partial charge in [-0.3, -0.25) is 4.79 Å². The smallest absolute Gasteiger partial charge is 0.325 e. The SMILES string of the molecule is O=C1CCSc2cc(F)c(C3=NOC(=O)CC3)cc2N1. The number of amides is 1. The van der Waals surface area contributed by atoms with Crippen molar-refractivity contribution < 1.29 is 18.8 Å². The van der Waals surface area contributed by atoms with Gasteiger partial charge in [0.2, 0.25) is 5.91 Å². The molecule has 1 aromatic rings. The van der Waals surface area contributed by atoms with E-state index in [0.717, 1.165) is 0 Å². The Kier molecular flexibility index (Phi) is 3.43. The fraction of sp³-hybridized carbons (Fsp3) is 0.308. The van der Waals surface area contributed by atoms with Gasteiger partial charge in [0.05, 0.1) is 17.8 Å². The van der Waals surface area contributed by atoms with Crippen LogP contribution in [0.3, 0.4) is 0 Å². The molecule has 0 saturated carbocycles. The van der Waals surface area contributed by atoms with Gasteiger partial charge < -0.3 is 10.2 Å². The molecule has 7 heteroatoms. The number of carbonyl (C=O) groups excluding carboxylic acids is 2. The Hall–Kier alpha value is -1.89. The van der Waals surface area contributed by atoms with Gasteiger partial charge in [0.1, 0.15) is 5.82 Å². The average Bonchev–Trinajstić information content (AvgIpc) is 2.59. The number of nitrogens with one attached hydrogen (secondary N) is 1. The summed E-state index contributed by atoms with van der Waals surface area (Å²) >= 11 is 1.43. The lowest BCUT2D eigenvalue weighted by molar-refractivity contribution is -0.144. The molecule has 1 N–H and O–H groups in total. The topological polar surface area (TPSA) is 67.8 Å². The van der Waals surface area contributed by atoms with Crippen molar-refractivity contribution in [3.63, 3.8) is 0 Å². The lowest BCUT2D eigenvalue weighted by Crippen LogP contribution is -2.16. The number of halogens is 1. The first kappa shape index (κ1) is 13.1. The van der Waals surface area contributed by atoms with Crippen LogP contribution >= 0.6 is 11.8 Å². The molecule has 2 aliphatic rings. The van der Waals surface area contributed by atoms with Crippen LogP contribution in [0.4, 0.5) is 10.1 Å². The third-order valence-corrected chi connectivity index (χ3v) is 4.12. The van der Waals surface area contributed by atoms with Crippen LogP contribution in [0.2, 0.25) is 0 Å². The first-order chi connectivity index (χ1) is 9.63. The predicted molar refractivity (Wildman–Crippen MR) is 72.2 cm³/mol. The largest absolute Gasteiger partial charge is 0.335 e. The van der Waals surface area contributed by atoms with Crippen LogP contribution in [-0.4, -0.2) is 23.3 Å². The van der Waals surface area contributed by atoms with Crippen molar-refractivity contribution >= 4 is 35.0 Å². The summed E-state index contributed by atoms with van der Waals surface area (Å²) in [5.74, 6) is -0.321. The van der Waals surface area contributed by atoms with E-state index in [1.807, 2.05) is 0 Å². The summed E-state index contributed by atoms with van der Waals surface area (Å²) in [7, 11) is 0. The van der Waals surface area contributed by atoms with Gasteiger partial charge in [0, 0.05) is 29.1 Å². The van der Waals surface area contributed by atoms with E-state index in [9.17, 15) is 14.0 Å². The van der Waals surface area contributed by atoms with Crippen molar-refractivity contribution in [2.45, 2.75) is 24.2 Å². The van der Waals surface area contributed by atoms with E-state index in [0.29, 0.717) is 34.9 Å². The molecule has 0 fully saturated rings. The molecular formula is C13H11FN2O3S. The second-order valence-corrected chi connectivity index (χ2v) is 5.61. The number of nitrogens with zero attached hydrogens (tertiary/aromatic N) is 1. The summed E-state index contributed by atoms with van der Waals surface area (Å²) < 4.78 is 14.1. The Labute approximate surface area is 118 Å². The zero-order valence-electron chi connectivity index (χ0n) is 10.4. The Morgan fingerprint density at radius 3 is 2.85 bits per heavy atom. The highest BCUT2D eigenvalue weighted by Gasteiger charge is 2.22. The lowest BCUT2D eigenvalue weighted by Gasteiger charge is -2.14. The maximum absolute atomic E-state index is 14.1. The van der Waals surface area contributed by atoms with Crippen LogP contribution in [0.25, 0.3) is 0 Å². The number of hydrogen-bond acceptors (Lipinski definition) is 5. The predicted octanol–water partition coefficient (Wildman–Crippen LogP) is 2.30. The van der Waals surface area contributed by atoms with Gasteiger partial charge in [0.15, 0.2) is 0 Å². The van der Waals surface area contributed by atoms with Gasteiger partial charge >= 0.3 is 5.97 Å². The first-order valence-corrected chi connectivity index (χ1v) is 7.15. The highest BCUT2D eigenvalue weighted by atomic mass is 32.2. The van der Waals surface area contributed by atoms with Gasteiger partial charge in [-0.25, -0.2) is 9.18 Å². The molecule has 0 atom stereocenters. The summed E-state index contributed by atoms with van der Waals surface area (Å²) in [5, 5.41) is 6.39. The zero-order valence-corrected chi connectivity index (χ0v) is 11.3. The third kappa shape index (κ3) is 2.53. The minimum Gasteiger partial charge on any atom is -0.325 e. The van der Waals surface area contributed by atoms with E-state index in [-0.39, 0.29) is 17.9 Å². The first-order valence-electron chi connectivity index (χ1n) is 6.17. The minimum atomic E-state index is -0.427. The van der Waals surface area contributed by atoms with E-state index in [2.05, 4.69) is 15.3 Å². The van der Waals surface area contributed by atoms with E-state index < -0.39 is 11.8 Å². The lowest BCUT2D eigenvalue weighted by atomic mass is 10.0. The molecule has 0 saturated heterocycles. The average molecular weight is 294 g/mol. The van der Waals surface area contributed by atoms with Crippen LogP contribution in [0, 0.1) is 5.82 Å². The Morgan fingerprint density at radius 1 is 1.25 bits per heavy atom. The van der Waals surface area contributed by atoms with Gasteiger partial charge in [0.25, 0.3) is 0 Å². The summed E-state index contributed by atoms with van der Waals surface area (Å²) in [6.45, 7) is 0. The molecule has 2 heterocycles. The molecule has 0 radical (unpaired) electrons. The number of rotatable bonds is 1. The van der Waals surface area contributed by atoms with Crippen LogP contribution in [-0.2, 0) is 14.4 Å².